The number of para-hydroxylation sites is 1. The molecule has 3 aromatic rings. The van der Waals surface area contributed by atoms with Gasteiger partial charge in [0.15, 0.2) is 11.4 Å². The van der Waals surface area contributed by atoms with Gasteiger partial charge in [-0.25, -0.2) is 18.7 Å². The molecule has 1 spiro atoms. The molecule has 0 bridgehead atoms. The molecule has 3 aliphatic rings. The number of rotatable bonds is 5. The van der Waals surface area contributed by atoms with Gasteiger partial charge in [-0.1, -0.05) is 6.07 Å². The monoisotopic (exact) mass is 500 g/mol. The lowest BCUT2D eigenvalue weighted by molar-refractivity contribution is -0.177. The molecule has 36 heavy (non-hydrogen) atoms. The van der Waals surface area contributed by atoms with E-state index in [0.717, 1.165) is 25.7 Å². The maximum Gasteiger partial charge on any atom is 0.224 e. The summed E-state index contributed by atoms with van der Waals surface area (Å²) in [5.74, 6) is -1.05. The van der Waals surface area contributed by atoms with Crippen molar-refractivity contribution in [3.8, 4) is 0 Å². The lowest BCUT2D eigenvalue weighted by Crippen LogP contribution is -2.39. The van der Waals surface area contributed by atoms with Crippen molar-refractivity contribution in [3.63, 3.8) is 0 Å². The molecule has 0 amide bonds. The number of benzene rings is 1. The Morgan fingerprint density at radius 2 is 1.67 bits per heavy atom. The van der Waals surface area contributed by atoms with Gasteiger partial charge in [0.2, 0.25) is 11.9 Å². The summed E-state index contributed by atoms with van der Waals surface area (Å²) in [6.07, 6.45) is 7.37. The first kappa shape index (κ1) is 23.5. The Balaban J connectivity index is 1.30. The average molecular weight is 501 g/mol. The molecule has 3 heterocycles. The Morgan fingerprint density at radius 1 is 0.972 bits per heavy atom. The van der Waals surface area contributed by atoms with Crippen LogP contribution in [0.5, 0.6) is 0 Å². The van der Waals surface area contributed by atoms with Gasteiger partial charge in [-0.3, -0.25) is 4.57 Å². The molecule has 0 radical (unpaired) electrons. The van der Waals surface area contributed by atoms with Crippen LogP contribution in [0.25, 0.3) is 11.2 Å². The summed E-state index contributed by atoms with van der Waals surface area (Å²) >= 11 is 0. The number of imidazole rings is 1. The van der Waals surface area contributed by atoms with Gasteiger partial charge in [-0.2, -0.15) is 4.98 Å². The van der Waals surface area contributed by atoms with E-state index in [4.69, 9.17) is 14.5 Å². The van der Waals surface area contributed by atoms with Crippen molar-refractivity contribution in [2.24, 2.45) is 0 Å². The average Bonchev–Trinajstić information content (AvgIpc) is 3.48. The van der Waals surface area contributed by atoms with E-state index < -0.39 is 17.4 Å². The minimum Gasteiger partial charge on any atom is -0.393 e. The van der Waals surface area contributed by atoms with Gasteiger partial charge in [0, 0.05) is 24.9 Å². The van der Waals surface area contributed by atoms with Crippen LogP contribution in [-0.2, 0) is 9.47 Å². The second kappa shape index (κ2) is 9.53. The summed E-state index contributed by atoms with van der Waals surface area (Å²) in [4.78, 5) is 13.8. The second-order valence-electron chi connectivity index (χ2n) is 9.92. The summed E-state index contributed by atoms with van der Waals surface area (Å²) in [6, 6.07) is 3.89. The van der Waals surface area contributed by atoms with Crippen molar-refractivity contribution in [1.82, 2.24) is 19.5 Å². The number of nitrogens with zero attached hydrogens (tertiary/aromatic N) is 4. The highest BCUT2D eigenvalue weighted by Crippen LogP contribution is 2.38. The third-order valence-electron chi connectivity index (χ3n) is 7.56. The Morgan fingerprint density at radius 3 is 2.36 bits per heavy atom. The predicted molar refractivity (Wildman–Crippen MR) is 129 cm³/mol. The molecule has 192 valence electrons. The van der Waals surface area contributed by atoms with E-state index in [9.17, 15) is 13.9 Å². The van der Waals surface area contributed by atoms with Crippen LogP contribution in [0.15, 0.2) is 24.4 Å². The number of aliphatic hydroxyl groups is 1. The number of ether oxygens (including phenoxy) is 2. The van der Waals surface area contributed by atoms with Gasteiger partial charge in [0.05, 0.1) is 25.5 Å². The summed E-state index contributed by atoms with van der Waals surface area (Å²) in [6.45, 7) is 1.29. The molecule has 2 saturated carbocycles. The fraction of sp³-hybridized carbons (Fsp3) is 0.560. The zero-order valence-electron chi connectivity index (χ0n) is 19.9. The molecule has 2 aliphatic carbocycles. The van der Waals surface area contributed by atoms with Crippen LogP contribution < -0.4 is 10.6 Å². The molecule has 1 aromatic carbocycles. The van der Waals surface area contributed by atoms with E-state index in [1.165, 1.54) is 18.2 Å². The Labute approximate surface area is 207 Å². The number of halogens is 2. The van der Waals surface area contributed by atoms with Crippen LogP contribution in [-0.4, -0.2) is 55.8 Å². The quantitative estimate of drug-likeness (QED) is 0.473. The molecule has 1 aliphatic heterocycles. The van der Waals surface area contributed by atoms with Crippen LogP contribution >= 0.6 is 0 Å². The lowest BCUT2D eigenvalue weighted by atomic mass is 9.90. The van der Waals surface area contributed by atoms with E-state index >= 15 is 0 Å². The standard InChI is InChI=1S/C25H30F2N6O3/c26-18-2-1-3-19(27)21(18)31-24-30-20-14-28-23(29-15-8-10-25(11-9-15)35-12-13-36-25)32-22(20)33(24)16-4-6-17(34)7-5-16/h1-3,14-17,34H,4-13H2,(H,30,31)(H,28,29,32)/t16-,17+. The van der Waals surface area contributed by atoms with E-state index in [-0.39, 0.29) is 23.9 Å². The number of hydrogen-bond donors (Lipinski definition) is 3. The second-order valence-corrected chi connectivity index (χ2v) is 9.92. The molecule has 0 unspecified atom stereocenters. The minimum absolute atomic E-state index is 0.0234. The van der Waals surface area contributed by atoms with Gasteiger partial charge >= 0.3 is 0 Å². The third kappa shape index (κ3) is 4.51. The maximum atomic E-state index is 14.4. The number of anilines is 3. The summed E-state index contributed by atoms with van der Waals surface area (Å²) < 4.78 is 42.4. The van der Waals surface area contributed by atoms with E-state index in [0.29, 0.717) is 62.0 Å². The number of aliphatic hydroxyl groups excluding tert-OH is 1. The first-order chi connectivity index (χ1) is 17.5. The van der Waals surface area contributed by atoms with Crippen LogP contribution in [0.4, 0.5) is 26.4 Å². The van der Waals surface area contributed by atoms with Gasteiger partial charge in [0.25, 0.3) is 0 Å². The predicted octanol–water partition coefficient (Wildman–Crippen LogP) is 4.42. The topological polar surface area (TPSA) is 106 Å². The molecule has 3 fully saturated rings. The molecule has 1 saturated heterocycles. The molecule has 3 N–H and O–H groups in total. The molecule has 2 aromatic heterocycles. The number of fused-ring (bicyclic) bond motifs is 1. The molecular weight excluding hydrogens is 470 g/mol. The van der Waals surface area contributed by atoms with Gasteiger partial charge < -0.3 is 25.2 Å². The van der Waals surface area contributed by atoms with Crippen LogP contribution in [0.1, 0.15) is 57.4 Å². The van der Waals surface area contributed by atoms with E-state index in [1.807, 2.05) is 4.57 Å². The van der Waals surface area contributed by atoms with Crippen LogP contribution in [0, 0.1) is 11.6 Å². The summed E-state index contributed by atoms with van der Waals surface area (Å²) in [7, 11) is 0. The smallest absolute Gasteiger partial charge is 0.224 e. The first-order valence-electron chi connectivity index (χ1n) is 12.7. The Hall–Kier alpha value is -2.89. The molecule has 0 atom stereocenters. The largest absolute Gasteiger partial charge is 0.393 e. The zero-order chi connectivity index (χ0) is 24.7. The van der Waals surface area contributed by atoms with Crippen molar-refractivity contribution >= 4 is 28.7 Å². The van der Waals surface area contributed by atoms with Crippen LogP contribution in [0.3, 0.4) is 0 Å². The molecule has 11 heteroatoms. The molecule has 6 rings (SSSR count). The zero-order valence-corrected chi connectivity index (χ0v) is 19.9. The van der Waals surface area contributed by atoms with Crippen molar-refractivity contribution in [2.75, 3.05) is 23.8 Å². The Kier molecular flexibility index (Phi) is 6.22. The fourth-order valence-corrected chi connectivity index (χ4v) is 5.61. The van der Waals surface area contributed by atoms with Crippen molar-refractivity contribution < 1.29 is 23.4 Å². The summed E-state index contributed by atoms with van der Waals surface area (Å²) in [5, 5.41) is 16.3. The number of nitrogens with one attached hydrogen (secondary N) is 2. The normalized spacial score (nSPS) is 24.4. The van der Waals surface area contributed by atoms with Crippen molar-refractivity contribution in [3.05, 3.63) is 36.0 Å². The van der Waals surface area contributed by atoms with Gasteiger partial charge in [-0.15, -0.1) is 0 Å². The lowest BCUT2D eigenvalue weighted by Gasteiger charge is -2.35. The van der Waals surface area contributed by atoms with Gasteiger partial charge in [-0.05, 0) is 50.7 Å². The highest BCUT2D eigenvalue weighted by Gasteiger charge is 2.40. The highest BCUT2D eigenvalue weighted by atomic mass is 19.1. The highest BCUT2D eigenvalue weighted by molar-refractivity contribution is 5.76. The molecule has 9 nitrogen and oxygen atoms in total. The fourth-order valence-electron chi connectivity index (χ4n) is 5.61. The SMILES string of the molecule is O[C@H]1CC[C@@H](n2c(Nc3c(F)cccc3F)nc3cnc(NC4CCC5(CC4)OCCO5)nc32)CC1. The van der Waals surface area contributed by atoms with E-state index in [1.54, 1.807) is 6.20 Å². The van der Waals surface area contributed by atoms with Crippen LogP contribution in [0.2, 0.25) is 0 Å². The van der Waals surface area contributed by atoms with Gasteiger partial charge in [0.1, 0.15) is 22.8 Å². The number of hydrogen-bond acceptors (Lipinski definition) is 8. The van der Waals surface area contributed by atoms with Crippen molar-refractivity contribution in [2.45, 2.75) is 75.3 Å². The third-order valence-corrected chi connectivity index (χ3v) is 7.56. The van der Waals surface area contributed by atoms with E-state index in [2.05, 4.69) is 20.6 Å². The first-order valence-corrected chi connectivity index (χ1v) is 12.7. The maximum absolute atomic E-state index is 14.4. The summed E-state index contributed by atoms with van der Waals surface area (Å²) in [5.41, 5.74) is 0.854. The number of aromatic nitrogens is 4. The minimum atomic E-state index is -0.702. The van der Waals surface area contributed by atoms with Crippen molar-refractivity contribution in [1.29, 1.82) is 0 Å². The Bertz CT molecular complexity index is 1210. The molecular formula is C25H30F2N6O3.